The Balaban J connectivity index is 1.36. The molecule has 0 unspecified atom stereocenters. The first kappa shape index (κ1) is 19.6. The van der Waals surface area contributed by atoms with Crippen molar-refractivity contribution in [2.24, 2.45) is 0 Å². The molecule has 2 heterocycles. The van der Waals surface area contributed by atoms with Crippen molar-refractivity contribution in [1.82, 2.24) is 15.5 Å². The molecular formula is C24H29N3O2. The first-order chi connectivity index (χ1) is 14.2. The van der Waals surface area contributed by atoms with E-state index in [0.717, 1.165) is 37.2 Å². The van der Waals surface area contributed by atoms with Crippen LogP contribution in [-0.2, 0) is 17.9 Å². The molecule has 2 fully saturated rings. The van der Waals surface area contributed by atoms with Gasteiger partial charge >= 0.3 is 0 Å². The number of carbonyl (C=O) groups is 2. The molecule has 5 nitrogen and oxygen atoms in total. The topological polar surface area (TPSA) is 61.4 Å². The Morgan fingerprint density at radius 1 is 1.07 bits per heavy atom. The van der Waals surface area contributed by atoms with Crippen LogP contribution in [0.2, 0.25) is 0 Å². The summed E-state index contributed by atoms with van der Waals surface area (Å²) in [6, 6.07) is 16.0. The van der Waals surface area contributed by atoms with Gasteiger partial charge in [0.1, 0.15) is 0 Å². The zero-order valence-corrected chi connectivity index (χ0v) is 16.8. The van der Waals surface area contributed by atoms with Gasteiger partial charge in [-0.25, -0.2) is 0 Å². The number of amides is 2. The lowest BCUT2D eigenvalue weighted by atomic mass is 9.91. The van der Waals surface area contributed by atoms with Crippen molar-refractivity contribution in [2.45, 2.75) is 44.7 Å². The molecular weight excluding hydrogens is 362 g/mol. The van der Waals surface area contributed by atoms with Crippen LogP contribution in [-0.4, -0.2) is 36.3 Å². The van der Waals surface area contributed by atoms with Gasteiger partial charge in [0.15, 0.2) is 0 Å². The molecule has 0 saturated carbocycles. The number of likely N-dealkylation sites (tertiary alicyclic amines) is 1. The molecule has 5 heteroatoms. The molecule has 152 valence electrons. The molecule has 2 aliphatic rings. The fourth-order valence-electron chi connectivity index (χ4n) is 4.28. The predicted octanol–water partition coefficient (Wildman–Crippen LogP) is 3.21. The van der Waals surface area contributed by atoms with Gasteiger partial charge < -0.3 is 15.5 Å². The number of nitrogens with one attached hydrogen (secondary N) is 2. The molecule has 2 aromatic carbocycles. The zero-order chi connectivity index (χ0) is 20.1. The monoisotopic (exact) mass is 391 g/mol. The molecule has 29 heavy (non-hydrogen) atoms. The zero-order valence-electron chi connectivity index (χ0n) is 16.8. The Hall–Kier alpha value is -2.66. The van der Waals surface area contributed by atoms with E-state index in [-0.39, 0.29) is 11.8 Å². The third-order valence-electron chi connectivity index (χ3n) is 6.03. The lowest BCUT2D eigenvalue weighted by Gasteiger charge is -2.23. The van der Waals surface area contributed by atoms with Crippen molar-refractivity contribution in [3.8, 4) is 0 Å². The summed E-state index contributed by atoms with van der Waals surface area (Å²) < 4.78 is 0. The summed E-state index contributed by atoms with van der Waals surface area (Å²) in [6.45, 7) is 4.02. The van der Waals surface area contributed by atoms with Gasteiger partial charge in [-0.3, -0.25) is 9.59 Å². The highest BCUT2D eigenvalue weighted by Crippen LogP contribution is 2.23. The predicted molar refractivity (Wildman–Crippen MR) is 114 cm³/mol. The van der Waals surface area contributed by atoms with Gasteiger partial charge in [0, 0.05) is 38.2 Å². The van der Waals surface area contributed by atoms with Crippen LogP contribution >= 0.6 is 0 Å². The van der Waals surface area contributed by atoms with Crippen molar-refractivity contribution < 1.29 is 9.59 Å². The van der Waals surface area contributed by atoms with Gasteiger partial charge in [-0.2, -0.15) is 0 Å². The van der Waals surface area contributed by atoms with Crippen LogP contribution in [0.3, 0.4) is 0 Å². The number of carbonyl (C=O) groups excluding carboxylic acids is 2. The smallest absolute Gasteiger partial charge is 0.251 e. The summed E-state index contributed by atoms with van der Waals surface area (Å²) in [5.41, 5.74) is 4.15. The largest absolute Gasteiger partial charge is 0.348 e. The van der Waals surface area contributed by atoms with E-state index in [4.69, 9.17) is 0 Å². The Kier molecular flexibility index (Phi) is 6.25. The highest BCUT2D eigenvalue weighted by atomic mass is 16.2. The summed E-state index contributed by atoms with van der Waals surface area (Å²) >= 11 is 0. The van der Waals surface area contributed by atoms with Crippen molar-refractivity contribution >= 4 is 11.8 Å². The maximum absolute atomic E-state index is 12.6. The second-order valence-corrected chi connectivity index (χ2v) is 8.04. The van der Waals surface area contributed by atoms with Gasteiger partial charge in [0.2, 0.25) is 5.91 Å². The molecule has 0 radical (unpaired) electrons. The van der Waals surface area contributed by atoms with Crippen molar-refractivity contribution in [1.29, 1.82) is 0 Å². The lowest BCUT2D eigenvalue weighted by molar-refractivity contribution is -0.128. The second kappa shape index (κ2) is 9.23. The molecule has 0 bridgehead atoms. The molecule has 0 aliphatic carbocycles. The molecule has 2 saturated heterocycles. The molecule has 0 spiro atoms. The van der Waals surface area contributed by atoms with Crippen LogP contribution < -0.4 is 10.6 Å². The third-order valence-corrected chi connectivity index (χ3v) is 6.03. The van der Waals surface area contributed by atoms with E-state index in [0.29, 0.717) is 31.0 Å². The van der Waals surface area contributed by atoms with E-state index < -0.39 is 0 Å². The average Bonchev–Trinajstić information content (AvgIpc) is 3.18. The molecule has 2 aromatic rings. The van der Waals surface area contributed by atoms with Crippen molar-refractivity contribution in [3.63, 3.8) is 0 Å². The number of piperidine rings is 1. The van der Waals surface area contributed by atoms with E-state index in [2.05, 4.69) is 22.8 Å². The maximum Gasteiger partial charge on any atom is 0.251 e. The van der Waals surface area contributed by atoms with Crippen LogP contribution in [0, 0.1) is 0 Å². The van der Waals surface area contributed by atoms with Gasteiger partial charge in [-0.1, -0.05) is 36.4 Å². The molecule has 2 amide bonds. The summed E-state index contributed by atoms with van der Waals surface area (Å²) in [5.74, 6) is 0.698. The quantitative estimate of drug-likeness (QED) is 0.795. The Morgan fingerprint density at radius 3 is 2.55 bits per heavy atom. The molecule has 4 rings (SSSR count). The second-order valence-electron chi connectivity index (χ2n) is 8.04. The third kappa shape index (κ3) is 4.85. The summed E-state index contributed by atoms with van der Waals surface area (Å²) in [5, 5.41) is 6.48. The summed E-state index contributed by atoms with van der Waals surface area (Å²) in [6.07, 6.45) is 3.99. The van der Waals surface area contributed by atoms with E-state index in [1.54, 1.807) is 0 Å². The van der Waals surface area contributed by atoms with Gasteiger partial charge in [0.25, 0.3) is 5.91 Å². The van der Waals surface area contributed by atoms with Crippen LogP contribution in [0.4, 0.5) is 0 Å². The van der Waals surface area contributed by atoms with Crippen LogP contribution in [0.1, 0.15) is 58.6 Å². The van der Waals surface area contributed by atoms with Crippen LogP contribution in [0.25, 0.3) is 0 Å². The molecule has 2 aliphatic heterocycles. The molecule has 0 aromatic heterocycles. The minimum Gasteiger partial charge on any atom is -0.348 e. The summed E-state index contributed by atoms with van der Waals surface area (Å²) in [4.78, 5) is 26.5. The minimum atomic E-state index is -0.0645. The number of rotatable bonds is 6. The Bertz CT molecular complexity index is 857. The lowest BCUT2D eigenvalue weighted by Crippen LogP contribution is -2.28. The van der Waals surface area contributed by atoms with Crippen molar-refractivity contribution in [3.05, 3.63) is 70.8 Å². The van der Waals surface area contributed by atoms with E-state index in [1.165, 1.54) is 18.4 Å². The SMILES string of the molecule is O=C(NCc1ccccc1CN1CCCC1=O)c1ccc([C@H]2CCCNC2)cc1. The first-order valence-electron chi connectivity index (χ1n) is 10.6. The number of hydrogen-bond acceptors (Lipinski definition) is 3. The Labute approximate surface area is 172 Å². The Morgan fingerprint density at radius 2 is 1.86 bits per heavy atom. The van der Waals surface area contributed by atoms with Gasteiger partial charge in [0.05, 0.1) is 0 Å². The standard InChI is InChI=1S/C24H29N3O2/c28-23-8-4-14-27(23)17-22-6-2-1-5-21(22)16-26-24(29)19-11-9-18(10-12-19)20-7-3-13-25-15-20/h1-2,5-6,9-12,20,25H,3-4,7-8,13-17H2,(H,26,29)/t20-/m0/s1. The summed E-state index contributed by atoms with van der Waals surface area (Å²) in [7, 11) is 0. The van der Waals surface area contributed by atoms with Crippen molar-refractivity contribution in [2.75, 3.05) is 19.6 Å². The molecule has 2 N–H and O–H groups in total. The fourth-order valence-corrected chi connectivity index (χ4v) is 4.28. The van der Waals surface area contributed by atoms with Gasteiger partial charge in [-0.15, -0.1) is 0 Å². The van der Waals surface area contributed by atoms with E-state index >= 15 is 0 Å². The number of hydrogen-bond donors (Lipinski definition) is 2. The van der Waals surface area contributed by atoms with Gasteiger partial charge in [-0.05, 0) is 60.5 Å². The average molecular weight is 392 g/mol. The van der Waals surface area contributed by atoms with Crippen LogP contribution in [0.5, 0.6) is 0 Å². The normalized spacial score (nSPS) is 19.4. The fraction of sp³-hybridized carbons (Fsp3) is 0.417. The molecule has 1 atom stereocenters. The maximum atomic E-state index is 12.6. The van der Waals surface area contributed by atoms with E-state index in [9.17, 15) is 9.59 Å². The highest BCUT2D eigenvalue weighted by molar-refractivity contribution is 5.94. The minimum absolute atomic E-state index is 0.0645. The number of benzene rings is 2. The van der Waals surface area contributed by atoms with E-state index in [1.807, 2.05) is 41.3 Å². The highest BCUT2D eigenvalue weighted by Gasteiger charge is 2.21. The van der Waals surface area contributed by atoms with Crippen LogP contribution in [0.15, 0.2) is 48.5 Å². The number of nitrogens with zero attached hydrogens (tertiary/aromatic N) is 1. The first-order valence-corrected chi connectivity index (χ1v) is 10.6.